The average Bonchev–Trinajstić information content (AvgIpc) is 3.13. The number of carbonyl (C=O) groups excluding carboxylic acids is 1. The maximum Gasteiger partial charge on any atom is 0.266 e. The summed E-state index contributed by atoms with van der Waals surface area (Å²) in [6.45, 7) is 4.85. The van der Waals surface area contributed by atoms with Crippen LogP contribution in [0.5, 0.6) is 11.5 Å². The summed E-state index contributed by atoms with van der Waals surface area (Å²) in [5.41, 5.74) is 3.72. The van der Waals surface area contributed by atoms with Crippen LogP contribution >= 0.6 is 23.4 Å². The topological polar surface area (TPSA) is 51.1 Å². The Balaban J connectivity index is 1.55. The number of aryl methyl sites for hydroxylation is 1. The van der Waals surface area contributed by atoms with Crippen LogP contribution in [0.15, 0.2) is 76.6 Å². The number of aliphatic imine (C=N–C) groups is 1. The van der Waals surface area contributed by atoms with Gasteiger partial charge in [-0.1, -0.05) is 53.6 Å². The number of amidine groups is 1. The zero-order chi connectivity index (χ0) is 24.1. The number of methoxy groups -OCH3 is 1. The molecule has 1 aliphatic rings. The summed E-state index contributed by atoms with van der Waals surface area (Å²) >= 11 is 7.60. The first-order valence-corrected chi connectivity index (χ1v) is 12.1. The van der Waals surface area contributed by atoms with E-state index in [1.54, 1.807) is 12.0 Å². The molecule has 0 aromatic heterocycles. The molecule has 0 bridgehead atoms. The summed E-state index contributed by atoms with van der Waals surface area (Å²) in [6.07, 6.45) is 1.85. The molecule has 0 saturated carbocycles. The molecular weight excluding hydrogens is 468 g/mol. The Bertz CT molecular complexity index is 1250. The van der Waals surface area contributed by atoms with E-state index in [4.69, 9.17) is 26.1 Å². The molecule has 0 radical (unpaired) electrons. The minimum absolute atomic E-state index is 0.0589. The number of nitrogens with zero attached hydrogens (tertiary/aromatic N) is 2. The lowest BCUT2D eigenvalue weighted by molar-refractivity contribution is -0.122. The predicted octanol–water partition coefficient (Wildman–Crippen LogP) is 6.86. The van der Waals surface area contributed by atoms with Crippen molar-refractivity contribution in [3.05, 3.63) is 93.3 Å². The van der Waals surface area contributed by atoms with Crippen LogP contribution in [0.2, 0.25) is 5.02 Å². The molecule has 1 saturated heterocycles. The molecule has 174 valence electrons. The summed E-state index contributed by atoms with van der Waals surface area (Å²) in [4.78, 5) is 20.0. The molecule has 5 nitrogen and oxygen atoms in total. The van der Waals surface area contributed by atoms with E-state index >= 15 is 0 Å². The first-order chi connectivity index (χ1) is 16.5. The molecule has 1 heterocycles. The minimum atomic E-state index is -0.0589. The monoisotopic (exact) mass is 492 g/mol. The van der Waals surface area contributed by atoms with Crippen LogP contribution in [-0.2, 0) is 11.4 Å². The van der Waals surface area contributed by atoms with Crippen LogP contribution < -0.4 is 9.47 Å². The summed E-state index contributed by atoms with van der Waals surface area (Å²) in [7, 11) is 1.59. The van der Waals surface area contributed by atoms with E-state index in [0.29, 0.717) is 39.7 Å². The van der Waals surface area contributed by atoms with E-state index in [9.17, 15) is 4.79 Å². The number of likely N-dealkylation sites (N-methyl/N-ethyl adjacent to an activating group) is 1. The van der Waals surface area contributed by atoms with Gasteiger partial charge in [-0.3, -0.25) is 9.69 Å². The summed E-state index contributed by atoms with van der Waals surface area (Å²) in [5, 5.41) is 1.33. The molecule has 0 aliphatic carbocycles. The van der Waals surface area contributed by atoms with Gasteiger partial charge in [0.2, 0.25) is 0 Å². The number of halogens is 1. The molecule has 1 amide bonds. The number of benzene rings is 3. The predicted molar refractivity (Wildman–Crippen MR) is 140 cm³/mol. The van der Waals surface area contributed by atoms with E-state index in [-0.39, 0.29) is 5.91 Å². The fourth-order valence-corrected chi connectivity index (χ4v) is 4.67. The molecule has 0 spiro atoms. The van der Waals surface area contributed by atoms with E-state index in [2.05, 4.69) is 0 Å². The van der Waals surface area contributed by atoms with Gasteiger partial charge in [-0.15, -0.1) is 0 Å². The number of thioether (sulfide) groups is 1. The third kappa shape index (κ3) is 5.46. The molecule has 3 aromatic rings. The largest absolute Gasteiger partial charge is 0.493 e. The van der Waals surface area contributed by atoms with Crippen LogP contribution in [0.1, 0.15) is 23.6 Å². The van der Waals surface area contributed by atoms with Crippen molar-refractivity contribution < 1.29 is 14.3 Å². The lowest BCUT2D eigenvalue weighted by Gasteiger charge is -2.12. The van der Waals surface area contributed by atoms with Gasteiger partial charge in [0.25, 0.3) is 5.91 Å². The van der Waals surface area contributed by atoms with Crippen molar-refractivity contribution in [3.63, 3.8) is 0 Å². The Hall–Kier alpha value is -3.22. The van der Waals surface area contributed by atoms with Crippen molar-refractivity contribution >= 4 is 46.2 Å². The first kappa shape index (κ1) is 23.9. The Morgan fingerprint density at radius 3 is 2.53 bits per heavy atom. The van der Waals surface area contributed by atoms with Crippen LogP contribution in [0.4, 0.5) is 5.69 Å². The Kier molecular flexibility index (Phi) is 7.60. The summed E-state index contributed by atoms with van der Waals surface area (Å²) in [6, 6.07) is 21.1. The third-order valence-electron chi connectivity index (χ3n) is 5.29. The normalized spacial score (nSPS) is 15.9. The molecule has 34 heavy (non-hydrogen) atoms. The van der Waals surface area contributed by atoms with Gasteiger partial charge in [0, 0.05) is 17.1 Å². The molecule has 0 unspecified atom stereocenters. The quantitative estimate of drug-likeness (QED) is 0.338. The Morgan fingerprint density at radius 1 is 1.06 bits per heavy atom. The van der Waals surface area contributed by atoms with Gasteiger partial charge in [-0.25, -0.2) is 4.99 Å². The van der Waals surface area contributed by atoms with Crippen molar-refractivity contribution in [1.29, 1.82) is 0 Å². The molecule has 4 rings (SSSR count). The minimum Gasteiger partial charge on any atom is -0.493 e. The maximum absolute atomic E-state index is 13.0. The summed E-state index contributed by atoms with van der Waals surface area (Å²) < 4.78 is 11.5. The molecular formula is C27H25ClN2O3S. The van der Waals surface area contributed by atoms with Crippen LogP contribution in [0, 0.1) is 6.92 Å². The van der Waals surface area contributed by atoms with Crippen molar-refractivity contribution in [2.45, 2.75) is 20.5 Å². The lowest BCUT2D eigenvalue weighted by Crippen LogP contribution is -2.28. The number of rotatable bonds is 7. The van der Waals surface area contributed by atoms with Crippen molar-refractivity contribution in [2.75, 3.05) is 13.7 Å². The molecule has 1 fully saturated rings. The molecule has 3 aromatic carbocycles. The highest BCUT2D eigenvalue weighted by atomic mass is 35.5. The van der Waals surface area contributed by atoms with Gasteiger partial charge in [0.05, 0.1) is 17.7 Å². The maximum atomic E-state index is 13.0. The van der Waals surface area contributed by atoms with Gasteiger partial charge in [0.1, 0.15) is 6.61 Å². The molecule has 0 atom stereocenters. The number of hydrogen-bond donors (Lipinski definition) is 0. The SMILES string of the molecule is CCN1C(=O)/C(=C\c2ccc(OCc3ccccc3Cl)c(OC)c2)SC1=Nc1ccc(C)cc1. The van der Waals surface area contributed by atoms with Crippen molar-refractivity contribution in [1.82, 2.24) is 4.90 Å². The highest BCUT2D eigenvalue weighted by Gasteiger charge is 2.32. The van der Waals surface area contributed by atoms with Crippen LogP contribution in [0.3, 0.4) is 0 Å². The summed E-state index contributed by atoms with van der Waals surface area (Å²) in [5.74, 6) is 1.13. The number of amides is 1. The standard InChI is InChI=1S/C27H25ClN2O3S/c1-4-30-26(31)25(34-27(30)29-21-12-9-18(2)10-13-21)16-19-11-14-23(24(15-19)32-3)33-17-20-7-5-6-8-22(20)28/h5-16H,4,17H2,1-3H3/b25-16+,29-27?. The lowest BCUT2D eigenvalue weighted by atomic mass is 10.1. The van der Waals surface area contributed by atoms with Gasteiger partial charge in [0.15, 0.2) is 16.7 Å². The average molecular weight is 493 g/mol. The second-order valence-corrected chi connectivity index (χ2v) is 9.10. The van der Waals surface area contributed by atoms with Crippen molar-refractivity contribution in [3.8, 4) is 11.5 Å². The Morgan fingerprint density at radius 2 is 1.82 bits per heavy atom. The van der Waals surface area contributed by atoms with Gasteiger partial charge >= 0.3 is 0 Å². The van der Waals surface area contributed by atoms with Crippen LogP contribution in [0.25, 0.3) is 6.08 Å². The van der Waals surface area contributed by atoms with Crippen LogP contribution in [-0.4, -0.2) is 29.6 Å². The van der Waals surface area contributed by atoms with Gasteiger partial charge < -0.3 is 9.47 Å². The molecule has 1 aliphatic heterocycles. The molecule has 0 N–H and O–H groups in total. The second-order valence-electron chi connectivity index (χ2n) is 7.68. The van der Waals surface area contributed by atoms with E-state index in [0.717, 1.165) is 16.8 Å². The second kappa shape index (κ2) is 10.8. The number of carbonyl (C=O) groups is 1. The third-order valence-corrected chi connectivity index (χ3v) is 6.66. The van der Waals surface area contributed by atoms with E-state index in [1.807, 2.05) is 86.7 Å². The number of ether oxygens (including phenoxy) is 2. The van der Waals surface area contributed by atoms with Crippen molar-refractivity contribution in [2.24, 2.45) is 4.99 Å². The first-order valence-electron chi connectivity index (χ1n) is 10.9. The van der Waals surface area contributed by atoms with E-state index in [1.165, 1.54) is 17.3 Å². The zero-order valence-corrected chi connectivity index (χ0v) is 20.8. The highest BCUT2D eigenvalue weighted by Crippen LogP contribution is 2.36. The fourth-order valence-electron chi connectivity index (χ4n) is 3.42. The van der Waals surface area contributed by atoms with Gasteiger partial charge in [-0.05, 0) is 67.6 Å². The van der Waals surface area contributed by atoms with E-state index < -0.39 is 0 Å². The van der Waals surface area contributed by atoms with Gasteiger partial charge in [-0.2, -0.15) is 0 Å². The molecule has 7 heteroatoms. The fraction of sp³-hybridized carbons (Fsp3) is 0.185. The zero-order valence-electron chi connectivity index (χ0n) is 19.2. The highest BCUT2D eigenvalue weighted by molar-refractivity contribution is 8.18. The Labute approximate surface area is 209 Å². The smallest absolute Gasteiger partial charge is 0.266 e. The number of hydrogen-bond acceptors (Lipinski definition) is 5.